The summed E-state index contributed by atoms with van der Waals surface area (Å²) in [5.74, 6) is 0.313. The minimum Gasteiger partial charge on any atom is -0.207 e. The van der Waals surface area contributed by atoms with E-state index in [1.54, 1.807) is 12.1 Å². The largest absolute Gasteiger partial charge is 0.244 e. The van der Waals surface area contributed by atoms with Crippen LogP contribution >= 0.6 is 39.1 Å². The first-order valence-corrected chi connectivity index (χ1v) is 9.64. The van der Waals surface area contributed by atoms with Gasteiger partial charge in [-0.25, -0.2) is 8.42 Å². The summed E-state index contributed by atoms with van der Waals surface area (Å²) >= 11 is 15.3. The first-order valence-electron chi connectivity index (χ1n) is 6.49. The maximum absolute atomic E-state index is 12.8. The summed E-state index contributed by atoms with van der Waals surface area (Å²) in [5.41, 5.74) is 0. The van der Waals surface area contributed by atoms with Gasteiger partial charge in [-0.05, 0) is 31.0 Å². The predicted molar refractivity (Wildman–Crippen MR) is 86.0 cm³/mol. The number of hydrogen-bond donors (Lipinski definition) is 0. The van der Waals surface area contributed by atoms with Gasteiger partial charge >= 0.3 is 0 Å². The summed E-state index contributed by atoms with van der Waals surface area (Å²) in [6.45, 7) is 0.506. The minimum absolute atomic E-state index is 0.149. The summed E-state index contributed by atoms with van der Waals surface area (Å²) in [5, 5.41) is 0.233. The van der Waals surface area contributed by atoms with Crippen LogP contribution in [-0.2, 0) is 10.0 Å². The van der Waals surface area contributed by atoms with Gasteiger partial charge in [0.05, 0.1) is 5.02 Å². The van der Waals surface area contributed by atoms with E-state index in [0.717, 1.165) is 30.2 Å². The fourth-order valence-corrected chi connectivity index (χ4v) is 5.54. The Morgan fingerprint density at radius 1 is 1.30 bits per heavy atom. The summed E-state index contributed by atoms with van der Waals surface area (Å²) in [4.78, 5) is 0.152. The normalized spacial score (nSPS) is 21.6. The lowest BCUT2D eigenvalue weighted by Gasteiger charge is -2.28. The fraction of sp³-hybridized carbons (Fsp3) is 0.538. The molecular formula is C13H16BrCl2NO2S. The van der Waals surface area contributed by atoms with Crippen molar-refractivity contribution < 1.29 is 8.42 Å². The number of halogens is 3. The van der Waals surface area contributed by atoms with Crippen molar-refractivity contribution in [1.29, 1.82) is 0 Å². The lowest BCUT2D eigenvalue weighted by atomic mass is 10.1. The SMILES string of the molecule is O=S(=O)(c1ccc(Br)cc1Cl)N1CCCCCC1CCl. The van der Waals surface area contributed by atoms with Crippen LogP contribution in [0.15, 0.2) is 27.6 Å². The fourth-order valence-electron chi connectivity index (χ4n) is 2.43. The molecule has 1 aromatic rings. The average Bonchev–Trinajstić information content (AvgIpc) is 2.63. The molecule has 0 saturated carbocycles. The number of nitrogens with zero attached hydrogens (tertiary/aromatic N) is 1. The van der Waals surface area contributed by atoms with Gasteiger partial charge in [-0.1, -0.05) is 40.4 Å². The highest BCUT2D eigenvalue weighted by molar-refractivity contribution is 9.10. The summed E-state index contributed by atoms with van der Waals surface area (Å²) in [6, 6.07) is 4.68. The quantitative estimate of drug-likeness (QED) is 0.710. The molecular weight excluding hydrogens is 385 g/mol. The van der Waals surface area contributed by atoms with Gasteiger partial charge in [0.25, 0.3) is 0 Å². The molecule has 1 aliphatic heterocycles. The van der Waals surface area contributed by atoms with Crippen LogP contribution in [0.5, 0.6) is 0 Å². The van der Waals surface area contributed by atoms with E-state index in [1.807, 2.05) is 0 Å². The Morgan fingerprint density at radius 2 is 2.05 bits per heavy atom. The van der Waals surface area contributed by atoms with Crippen molar-refractivity contribution in [3.63, 3.8) is 0 Å². The van der Waals surface area contributed by atoms with Crippen molar-refractivity contribution in [3.05, 3.63) is 27.7 Å². The number of benzene rings is 1. The lowest BCUT2D eigenvalue weighted by molar-refractivity contribution is 0.345. The molecule has 0 radical (unpaired) electrons. The number of rotatable bonds is 3. The molecule has 0 N–H and O–H groups in total. The Bertz CT molecular complexity index is 580. The van der Waals surface area contributed by atoms with E-state index in [2.05, 4.69) is 15.9 Å². The van der Waals surface area contributed by atoms with Crippen molar-refractivity contribution in [2.75, 3.05) is 12.4 Å². The third-order valence-corrected chi connectivity index (χ3v) is 6.77. The maximum Gasteiger partial charge on any atom is 0.244 e. The van der Waals surface area contributed by atoms with Crippen LogP contribution < -0.4 is 0 Å². The first kappa shape index (κ1) is 16.6. The Balaban J connectivity index is 2.41. The number of sulfonamides is 1. The maximum atomic E-state index is 12.8. The summed E-state index contributed by atoms with van der Waals surface area (Å²) < 4.78 is 27.9. The zero-order valence-corrected chi connectivity index (χ0v) is 14.8. The Kier molecular flexibility index (Phi) is 5.77. The molecule has 1 unspecified atom stereocenters. The van der Waals surface area contributed by atoms with Crippen molar-refractivity contribution >= 4 is 49.2 Å². The zero-order valence-electron chi connectivity index (χ0n) is 10.9. The molecule has 1 aromatic carbocycles. The molecule has 0 amide bonds. The van der Waals surface area contributed by atoms with Gasteiger partial charge < -0.3 is 0 Å². The van der Waals surface area contributed by atoms with Crippen LogP contribution in [0.25, 0.3) is 0 Å². The molecule has 0 bridgehead atoms. The molecule has 20 heavy (non-hydrogen) atoms. The third-order valence-electron chi connectivity index (χ3n) is 3.48. The highest BCUT2D eigenvalue weighted by atomic mass is 79.9. The molecule has 0 aromatic heterocycles. The van der Waals surface area contributed by atoms with Gasteiger partial charge in [-0.3, -0.25) is 0 Å². The van der Waals surface area contributed by atoms with Gasteiger partial charge in [0, 0.05) is 22.9 Å². The summed E-state index contributed by atoms with van der Waals surface area (Å²) in [6.07, 6.45) is 3.71. The smallest absolute Gasteiger partial charge is 0.207 e. The monoisotopic (exact) mass is 399 g/mol. The first-order chi connectivity index (χ1) is 9.46. The second-order valence-electron chi connectivity index (χ2n) is 4.85. The van der Waals surface area contributed by atoms with Gasteiger partial charge in [0.2, 0.25) is 10.0 Å². The topological polar surface area (TPSA) is 37.4 Å². The van der Waals surface area contributed by atoms with E-state index in [-0.39, 0.29) is 16.0 Å². The van der Waals surface area contributed by atoms with Crippen molar-refractivity contribution in [2.45, 2.75) is 36.6 Å². The molecule has 1 heterocycles. The predicted octanol–water partition coefficient (Wildman–Crippen LogP) is 4.27. The van der Waals surface area contributed by atoms with E-state index in [0.29, 0.717) is 12.4 Å². The molecule has 1 saturated heterocycles. The minimum atomic E-state index is -3.60. The van der Waals surface area contributed by atoms with Crippen molar-refractivity contribution in [2.24, 2.45) is 0 Å². The Labute approximate surface area is 138 Å². The van der Waals surface area contributed by atoms with Gasteiger partial charge in [0.15, 0.2) is 0 Å². The molecule has 3 nitrogen and oxygen atoms in total. The molecule has 1 fully saturated rings. The van der Waals surface area contributed by atoms with Crippen molar-refractivity contribution in [1.82, 2.24) is 4.31 Å². The molecule has 0 aliphatic carbocycles. The molecule has 112 valence electrons. The van der Waals surface area contributed by atoms with Crippen LogP contribution in [0.4, 0.5) is 0 Å². The van der Waals surface area contributed by atoms with Crippen LogP contribution in [-0.4, -0.2) is 31.2 Å². The average molecular weight is 401 g/mol. The zero-order chi connectivity index (χ0) is 14.8. The molecule has 0 spiro atoms. The van der Waals surface area contributed by atoms with Gasteiger partial charge in [-0.15, -0.1) is 11.6 Å². The molecule has 7 heteroatoms. The second kappa shape index (κ2) is 6.97. The highest BCUT2D eigenvalue weighted by Crippen LogP contribution is 2.31. The van der Waals surface area contributed by atoms with Crippen LogP contribution in [0.1, 0.15) is 25.7 Å². The molecule has 2 rings (SSSR count). The molecule has 1 aliphatic rings. The summed E-state index contributed by atoms with van der Waals surface area (Å²) in [7, 11) is -3.60. The second-order valence-corrected chi connectivity index (χ2v) is 8.34. The van der Waals surface area contributed by atoms with E-state index in [1.165, 1.54) is 10.4 Å². The van der Waals surface area contributed by atoms with E-state index in [9.17, 15) is 8.42 Å². The van der Waals surface area contributed by atoms with Crippen LogP contribution in [0.3, 0.4) is 0 Å². The van der Waals surface area contributed by atoms with Gasteiger partial charge in [0.1, 0.15) is 4.90 Å². The molecule has 1 atom stereocenters. The van der Waals surface area contributed by atoms with Gasteiger partial charge in [-0.2, -0.15) is 4.31 Å². The van der Waals surface area contributed by atoms with Crippen molar-refractivity contribution in [3.8, 4) is 0 Å². The third kappa shape index (κ3) is 3.50. The van der Waals surface area contributed by atoms with E-state index >= 15 is 0 Å². The lowest BCUT2D eigenvalue weighted by Crippen LogP contribution is -2.41. The van der Waals surface area contributed by atoms with Crippen LogP contribution in [0.2, 0.25) is 5.02 Å². The Hall–Kier alpha value is 0.190. The standard InChI is InChI=1S/C13H16BrCl2NO2S/c14-10-5-6-13(12(16)8-10)20(18,19)17-7-3-1-2-4-11(17)9-15/h5-6,8,11H,1-4,7,9H2. The number of alkyl halides is 1. The van der Waals surface area contributed by atoms with E-state index < -0.39 is 10.0 Å². The van der Waals surface area contributed by atoms with E-state index in [4.69, 9.17) is 23.2 Å². The Morgan fingerprint density at radius 3 is 2.70 bits per heavy atom. The number of hydrogen-bond acceptors (Lipinski definition) is 2. The van der Waals surface area contributed by atoms with Crippen LogP contribution in [0, 0.1) is 0 Å². The highest BCUT2D eigenvalue weighted by Gasteiger charge is 2.33.